The van der Waals surface area contributed by atoms with Crippen molar-refractivity contribution < 1.29 is 0 Å². The van der Waals surface area contributed by atoms with Gasteiger partial charge in [0.15, 0.2) is 0 Å². The number of azo groups is 1. The van der Waals surface area contributed by atoms with Gasteiger partial charge in [0.05, 0.1) is 36.1 Å². The highest BCUT2D eigenvalue weighted by atomic mass is 15.1. The summed E-state index contributed by atoms with van der Waals surface area (Å²) in [6.07, 6.45) is 8.42. The Balaban J connectivity index is 1.96. The quantitative estimate of drug-likeness (QED) is 0.696. The minimum Gasteiger partial charge on any atom is -0.198 e. The average molecular weight is 244 g/mol. The van der Waals surface area contributed by atoms with E-state index in [-0.39, 0.29) is 23.9 Å². The third-order valence-electron chi connectivity index (χ3n) is 4.15. The second-order valence-corrected chi connectivity index (χ2v) is 5.41. The van der Waals surface area contributed by atoms with Gasteiger partial charge < -0.3 is 0 Å². The topological polar surface area (TPSA) is 72.3 Å². The summed E-state index contributed by atoms with van der Waals surface area (Å²) >= 11 is 0. The standard InChI is InChI=1S/C14H20N4/c15-9-11-5-1-3-7-13(11)17-18-14-8-4-2-6-12(14)10-16/h11-14H,1-8H2/b18-17+. The Kier molecular flexibility index (Phi) is 4.70. The molecule has 0 aliphatic heterocycles. The molecule has 4 unspecified atom stereocenters. The van der Waals surface area contributed by atoms with Gasteiger partial charge in [0, 0.05) is 0 Å². The lowest BCUT2D eigenvalue weighted by molar-refractivity contribution is 0.324. The minimum atomic E-state index is 0.0339. The van der Waals surface area contributed by atoms with Gasteiger partial charge >= 0.3 is 0 Å². The van der Waals surface area contributed by atoms with Crippen molar-refractivity contribution in [2.75, 3.05) is 0 Å². The normalized spacial score (nSPS) is 37.0. The maximum Gasteiger partial charge on any atom is 0.0866 e. The maximum atomic E-state index is 9.09. The van der Waals surface area contributed by atoms with E-state index in [4.69, 9.17) is 10.5 Å². The first-order valence-corrected chi connectivity index (χ1v) is 7.04. The van der Waals surface area contributed by atoms with Crippen LogP contribution in [0.25, 0.3) is 0 Å². The minimum absolute atomic E-state index is 0.0339. The molecule has 2 aliphatic carbocycles. The molecule has 4 nitrogen and oxygen atoms in total. The van der Waals surface area contributed by atoms with Crippen molar-refractivity contribution in [3.63, 3.8) is 0 Å². The zero-order valence-electron chi connectivity index (χ0n) is 10.8. The van der Waals surface area contributed by atoms with Crippen LogP contribution < -0.4 is 0 Å². The number of rotatable bonds is 2. The van der Waals surface area contributed by atoms with Crippen LogP contribution >= 0.6 is 0 Å². The molecule has 0 aromatic carbocycles. The van der Waals surface area contributed by atoms with E-state index >= 15 is 0 Å². The third kappa shape index (κ3) is 3.07. The molecule has 18 heavy (non-hydrogen) atoms. The van der Waals surface area contributed by atoms with Gasteiger partial charge in [0.25, 0.3) is 0 Å². The van der Waals surface area contributed by atoms with E-state index in [1.165, 1.54) is 0 Å². The number of nitriles is 2. The molecular formula is C14H20N4. The van der Waals surface area contributed by atoms with Crippen molar-refractivity contribution in [1.29, 1.82) is 10.5 Å². The molecule has 2 rings (SSSR count). The number of nitrogens with zero attached hydrogens (tertiary/aromatic N) is 4. The smallest absolute Gasteiger partial charge is 0.0866 e. The van der Waals surface area contributed by atoms with Crippen molar-refractivity contribution in [1.82, 2.24) is 0 Å². The summed E-state index contributed by atoms with van der Waals surface area (Å²) in [6.45, 7) is 0. The van der Waals surface area contributed by atoms with Gasteiger partial charge in [0.1, 0.15) is 0 Å². The highest BCUT2D eigenvalue weighted by molar-refractivity contribution is 4.96. The summed E-state index contributed by atoms with van der Waals surface area (Å²) < 4.78 is 0. The molecular weight excluding hydrogens is 224 g/mol. The van der Waals surface area contributed by atoms with Crippen molar-refractivity contribution in [3.05, 3.63) is 0 Å². The van der Waals surface area contributed by atoms with Crippen LogP contribution in [0.5, 0.6) is 0 Å². The molecule has 0 bridgehead atoms. The van der Waals surface area contributed by atoms with Crippen LogP contribution in [0.15, 0.2) is 10.2 Å². The molecule has 4 atom stereocenters. The third-order valence-corrected chi connectivity index (χ3v) is 4.15. The Morgan fingerprint density at radius 1 is 0.667 bits per heavy atom. The molecule has 2 saturated carbocycles. The molecule has 0 heterocycles. The Hall–Kier alpha value is -1.42. The van der Waals surface area contributed by atoms with Crippen molar-refractivity contribution in [2.45, 2.75) is 63.5 Å². The average Bonchev–Trinajstić information content (AvgIpc) is 2.45. The van der Waals surface area contributed by atoms with Crippen LogP contribution in [-0.2, 0) is 0 Å². The van der Waals surface area contributed by atoms with Crippen molar-refractivity contribution in [3.8, 4) is 12.1 Å². The summed E-state index contributed by atoms with van der Waals surface area (Å²) in [7, 11) is 0. The van der Waals surface area contributed by atoms with E-state index in [2.05, 4.69) is 22.4 Å². The lowest BCUT2D eigenvalue weighted by Gasteiger charge is -2.25. The molecule has 96 valence electrons. The highest BCUT2D eigenvalue weighted by Gasteiger charge is 2.27. The van der Waals surface area contributed by atoms with Gasteiger partial charge in [-0.15, -0.1) is 0 Å². The van der Waals surface area contributed by atoms with Gasteiger partial charge in [-0.05, 0) is 25.7 Å². The van der Waals surface area contributed by atoms with Crippen molar-refractivity contribution in [2.24, 2.45) is 22.1 Å². The Bertz CT molecular complexity index is 340. The summed E-state index contributed by atoms with van der Waals surface area (Å²) in [6, 6.07) is 4.84. The molecule has 0 radical (unpaired) electrons. The SMILES string of the molecule is N#CC1CCCCC1/N=N/C1CCCCC1C#N. The van der Waals surface area contributed by atoms with Crippen LogP contribution in [0.2, 0.25) is 0 Å². The fraction of sp³-hybridized carbons (Fsp3) is 0.857. The van der Waals surface area contributed by atoms with Gasteiger partial charge in [-0.25, -0.2) is 0 Å². The monoisotopic (exact) mass is 244 g/mol. The molecule has 4 heteroatoms. The first kappa shape index (κ1) is 13.0. The van der Waals surface area contributed by atoms with Gasteiger partial charge in [-0.3, -0.25) is 0 Å². The van der Waals surface area contributed by atoms with Crippen LogP contribution in [0.3, 0.4) is 0 Å². The summed E-state index contributed by atoms with van der Waals surface area (Å²) in [5.74, 6) is 0.0678. The summed E-state index contributed by atoms with van der Waals surface area (Å²) in [5, 5.41) is 27.0. The molecule has 2 fully saturated rings. The predicted octanol–water partition coefficient (Wildman–Crippen LogP) is 3.60. The number of hydrogen-bond acceptors (Lipinski definition) is 4. The zero-order chi connectivity index (χ0) is 12.8. The summed E-state index contributed by atoms with van der Waals surface area (Å²) in [4.78, 5) is 0. The molecule has 0 N–H and O–H groups in total. The van der Waals surface area contributed by atoms with E-state index in [1.54, 1.807) is 0 Å². The molecule has 0 aromatic heterocycles. The molecule has 0 amide bonds. The van der Waals surface area contributed by atoms with E-state index < -0.39 is 0 Å². The molecule has 2 aliphatic rings. The van der Waals surface area contributed by atoms with Gasteiger partial charge in [-0.1, -0.05) is 25.7 Å². The van der Waals surface area contributed by atoms with Gasteiger partial charge in [0.2, 0.25) is 0 Å². The molecule has 0 spiro atoms. The predicted molar refractivity (Wildman–Crippen MR) is 67.6 cm³/mol. The molecule has 0 aromatic rings. The lowest BCUT2D eigenvalue weighted by atomic mass is 9.85. The van der Waals surface area contributed by atoms with Crippen LogP contribution in [0.4, 0.5) is 0 Å². The van der Waals surface area contributed by atoms with Crippen LogP contribution in [-0.4, -0.2) is 12.1 Å². The van der Waals surface area contributed by atoms with Crippen molar-refractivity contribution >= 4 is 0 Å². The van der Waals surface area contributed by atoms with E-state index in [0.29, 0.717) is 0 Å². The first-order chi connectivity index (χ1) is 8.85. The van der Waals surface area contributed by atoms with E-state index in [0.717, 1.165) is 51.4 Å². The largest absolute Gasteiger partial charge is 0.198 e. The Labute approximate surface area is 109 Å². The van der Waals surface area contributed by atoms with Crippen LogP contribution in [0, 0.1) is 34.5 Å². The fourth-order valence-electron chi connectivity index (χ4n) is 2.97. The first-order valence-electron chi connectivity index (χ1n) is 7.04. The maximum absolute atomic E-state index is 9.09. The second-order valence-electron chi connectivity index (χ2n) is 5.41. The Morgan fingerprint density at radius 3 is 1.44 bits per heavy atom. The highest BCUT2D eigenvalue weighted by Crippen LogP contribution is 2.30. The number of hydrogen-bond donors (Lipinski definition) is 0. The lowest BCUT2D eigenvalue weighted by Crippen LogP contribution is -2.24. The fourth-order valence-corrected chi connectivity index (χ4v) is 2.97. The van der Waals surface area contributed by atoms with E-state index in [1.807, 2.05) is 0 Å². The Morgan fingerprint density at radius 2 is 1.06 bits per heavy atom. The van der Waals surface area contributed by atoms with Gasteiger partial charge in [-0.2, -0.15) is 20.8 Å². The van der Waals surface area contributed by atoms with Crippen LogP contribution in [0.1, 0.15) is 51.4 Å². The molecule has 0 saturated heterocycles. The zero-order valence-corrected chi connectivity index (χ0v) is 10.8. The van der Waals surface area contributed by atoms with E-state index in [9.17, 15) is 0 Å². The summed E-state index contributed by atoms with van der Waals surface area (Å²) in [5.41, 5.74) is 0. The second kappa shape index (κ2) is 6.50.